The molecule has 3 heteroatoms. The first-order valence-electron chi connectivity index (χ1n) is 5.63. The van der Waals surface area contributed by atoms with Gasteiger partial charge in [0.25, 0.3) is 0 Å². The average molecular weight is 258 g/mol. The van der Waals surface area contributed by atoms with Gasteiger partial charge in [0.1, 0.15) is 0 Å². The van der Waals surface area contributed by atoms with Crippen molar-refractivity contribution >= 4 is 15.9 Å². The summed E-state index contributed by atoms with van der Waals surface area (Å²) in [6.07, 6.45) is 1.61. The molecule has 0 aliphatic heterocycles. The fourth-order valence-electron chi connectivity index (χ4n) is 1.53. The lowest BCUT2D eigenvalue weighted by Crippen LogP contribution is -1.95. The monoisotopic (exact) mass is 258 g/mol. The van der Waals surface area contributed by atoms with Crippen LogP contribution in [0.25, 0.3) is 6.08 Å². The van der Waals surface area contributed by atoms with E-state index in [0.29, 0.717) is 4.90 Å². The lowest BCUT2D eigenvalue weighted by atomic mass is 10.2. The molecule has 2 rings (SSSR count). The number of hydrogen-bond donors (Lipinski definition) is 0. The molecule has 0 heterocycles. The smallest absolute Gasteiger partial charge is 0.199 e. The maximum atomic E-state index is 12.0. The number of hydrogen-bond acceptors (Lipinski definition) is 2. The molecule has 92 valence electrons. The van der Waals surface area contributed by atoms with Gasteiger partial charge in [-0.3, -0.25) is 0 Å². The van der Waals surface area contributed by atoms with Crippen molar-refractivity contribution in [2.24, 2.45) is 0 Å². The van der Waals surface area contributed by atoms with Crippen LogP contribution in [-0.2, 0) is 9.84 Å². The van der Waals surface area contributed by atoms with Crippen molar-refractivity contribution < 1.29 is 8.42 Å². The van der Waals surface area contributed by atoms with E-state index in [9.17, 15) is 8.42 Å². The van der Waals surface area contributed by atoms with Gasteiger partial charge in [0.2, 0.25) is 0 Å². The maximum Gasteiger partial charge on any atom is 0.199 e. The Bertz CT molecular complexity index is 639. The highest BCUT2D eigenvalue weighted by Crippen LogP contribution is 2.13. The fraction of sp³-hybridized carbons (Fsp3) is 0.0667. The van der Waals surface area contributed by atoms with Crippen molar-refractivity contribution in [2.45, 2.75) is 11.8 Å². The second-order valence-corrected chi connectivity index (χ2v) is 5.91. The van der Waals surface area contributed by atoms with Crippen LogP contribution in [0.4, 0.5) is 0 Å². The fourth-order valence-corrected chi connectivity index (χ4v) is 2.56. The van der Waals surface area contributed by atoms with E-state index in [0.717, 1.165) is 11.1 Å². The van der Waals surface area contributed by atoms with Crippen LogP contribution >= 0.6 is 0 Å². The van der Waals surface area contributed by atoms with E-state index in [-0.39, 0.29) is 0 Å². The molecule has 0 aliphatic carbocycles. The molecule has 0 bridgehead atoms. The van der Waals surface area contributed by atoms with Gasteiger partial charge in [-0.15, -0.1) is 0 Å². The van der Waals surface area contributed by atoms with Crippen LogP contribution in [0.2, 0.25) is 0 Å². The summed E-state index contributed by atoms with van der Waals surface area (Å²) in [4.78, 5) is 0.313. The summed E-state index contributed by atoms with van der Waals surface area (Å²) in [5.74, 6) is 0. The Morgan fingerprint density at radius 1 is 0.889 bits per heavy atom. The molecule has 0 aliphatic rings. The molecular formula is C15H14O2S. The van der Waals surface area contributed by atoms with Gasteiger partial charge in [-0.2, -0.15) is 0 Å². The summed E-state index contributed by atoms with van der Waals surface area (Å²) in [5.41, 5.74) is 2.03. The van der Waals surface area contributed by atoms with Crippen LogP contribution in [0, 0.1) is 6.92 Å². The van der Waals surface area contributed by atoms with E-state index in [4.69, 9.17) is 0 Å². The lowest BCUT2D eigenvalue weighted by molar-refractivity contribution is 0.605. The Morgan fingerprint density at radius 2 is 1.50 bits per heavy atom. The van der Waals surface area contributed by atoms with Crippen molar-refractivity contribution in [1.29, 1.82) is 0 Å². The van der Waals surface area contributed by atoms with Gasteiger partial charge in [-0.05, 0) is 30.7 Å². The Hall–Kier alpha value is -1.87. The van der Waals surface area contributed by atoms with E-state index in [1.54, 1.807) is 36.4 Å². The highest BCUT2D eigenvalue weighted by Gasteiger charge is 2.08. The molecule has 2 aromatic carbocycles. The van der Waals surface area contributed by atoms with Crippen molar-refractivity contribution in [1.82, 2.24) is 0 Å². The van der Waals surface area contributed by atoms with E-state index in [1.807, 2.05) is 31.2 Å². The first-order valence-corrected chi connectivity index (χ1v) is 7.17. The van der Waals surface area contributed by atoms with Gasteiger partial charge >= 0.3 is 0 Å². The highest BCUT2D eigenvalue weighted by atomic mass is 32.2. The van der Waals surface area contributed by atoms with Crippen LogP contribution in [0.3, 0.4) is 0 Å². The highest BCUT2D eigenvalue weighted by molar-refractivity contribution is 7.94. The van der Waals surface area contributed by atoms with Gasteiger partial charge in [0.15, 0.2) is 9.84 Å². The summed E-state index contributed by atoms with van der Waals surface area (Å²) >= 11 is 0. The molecule has 0 fully saturated rings. The topological polar surface area (TPSA) is 34.1 Å². The molecule has 0 atom stereocenters. The minimum atomic E-state index is -3.35. The van der Waals surface area contributed by atoms with Crippen molar-refractivity contribution in [2.75, 3.05) is 0 Å². The van der Waals surface area contributed by atoms with Gasteiger partial charge in [0.05, 0.1) is 4.90 Å². The van der Waals surface area contributed by atoms with E-state index in [1.165, 1.54) is 5.41 Å². The Labute approximate surface area is 108 Å². The summed E-state index contributed by atoms with van der Waals surface area (Å²) in [5, 5.41) is 1.24. The molecule has 18 heavy (non-hydrogen) atoms. The summed E-state index contributed by atoms with van der Waals surface area (Å²) in [7, 11) is -3.35. The molecule has 0 spiro atoms. The first-order chi connectivity index (χ1) is 8.58. The zero-order valence-electron chi connectivity index (χ0n) is 10.1. The largest absolute Gasteiger partial charge is 0.219 e. The quantitative estimate of drug-likeness (QED) is 0.845. The number of benzene rings is 2. The van der Waals surface area contributed by atoms with Crippen LogP contribution in [0.15, 0.2) is 64.9 Å². The lowest BCUT2D eigenvalue weighted by Gasteiger charge is -1.98. The number of sulfone groups is 1. The van der Waals surface area contributed by atoms with Crippen LogP contribution in [-0.4, -0.2) is 8.42 Å². The van der Waals surface area contributed by atoms with Gasteiger partial charge in [0, 0.05) is 5.41 Å². The third kappa shape index (κ3) is 3.08. The van der Waals surface area contributed by atoms with Crippen molar-refractivity contribution in [3.8, 4) is 0 Å². The second-order valence-electron chi connectivity index (χ2n) is 4.07. The van der Waals surface area contributed by atoms with Gasteiger partial charge in [-0.25, -0.2) is 8.42 Å². The normalized spacial score (nSPS) is 11.8. The van der Waals surface area contributed by atoms with Gasteiger partial charge in [-0.1, -0.05) is 48.0 Å². The Kier molecular flexibility index (Phi) is 3.63. The molecule has 0 amide bonds. The average Bonchev–Trinajstić information content (AvgIpc) is 2.39. The molecule has 2 aromatic rings. The third-order valence-electron chi connectivity index (χ3n) is 2.59. The molecule has 0 saturated carbocycles. The first kappa shape index (κ1) is 12.6. The zero-order chi connectivity index (χ0) is 13.0. The molecular weight excluding hydrogens is 244 g/mol. The molecule has 0 N–H and O–H groups in total. The number of aryl methyl sites for hydroxylation is 1. The molecule has 0 aromatic heterocycles. The van der Waals surface area contributed by atoms with Crippen molar-refractivity contribution in [3.63, 3.8) is 0 Å². The predicted molar refractivity (Wildman–Crippen MR) is 73.8 cm³/mol. The molecule has 0 unspecified atom stereocenters. The molecule has 0 saturated heterocycles. The summed E-state index contributed by atoms with van der Waals surface area (Å²) in [6, 6.07) is 16.1. The minimum Gasteiger partial charge on any atom is -0.219 e. The predicted octanol–water partition coefficient (Wildman–Crippen LogP) is 3.44. The zero-order valence-corrected chi connectivity index (χ0v) is 10.9. The summed E-state index contributed by atoms with van der Waals surface area (Å²) in [6.45, 7) is 1.99. The van der Waals surface area contributed by atoms with Gasteiger partial charge < -0.3 is 0 Å². The Morgan fingerprint density at radius 3 is 2.11 bits per heavy atom. The number of rotatable bonds is 3. The maximum absolute atomic E-state index is 12.0. The van der Waals surface area contributed by atoms with E-state index in [2.05, 4.69) is 0 Å². The second kappa shape index (κ2) is 5.19. The minimum absolute atomic E-state index is 0.313. The molecule has 0 radical (unpaired) electrons. The SMILES string of the molecule is Cc1ccc(/C=C/S(=O)(=O)c2ccccc2)cc1. The third-order valence-corrected chi connectivity index (χ3v) is 4.01. The van der Waals surface area contributed by atoms with Crippen molar-refractivity contribution in [3.05, 3.63) is 71.1 Å². The Balaban J connectivity index is 2.26. The van der Waals surface area contributed by atoms with E-state index >= 15 is 0 Å². The van der Waals surface area contributed by atoms with E-state index < -0.39 is 9.84 Å². The standard InChI is InChI=1S/C15H14O2S/c1-13-7-9-14(10-8-13)11-12-18(16,17)15-5-3-2-4-6-15/h2-12H,1H3/b12-11+. The van der Waals surface area contributed by atoms with Crippen LogP contribution in [0.5, 0.6) is 0 Å². The van der Waals surface area contributed by atoms with Crippen LogP contribution in [0.1, 0.15) is 11.1 Å². The molecule has 2 nitrogen and oxygen atoms in total. The van der Waals surface area contributed by atoms with Crippen LogP contribution < -0.4 is 0 Å². The summed E-state index contributed by atoms with van der Waals surface area (Å²) < 4.78 is 24.0.